The van der Waals surface area contributed by atoms with Crippen LogP contribution in [0.3, 0.4) is 0 Å². The van der Waals surface area contributed by atoms with E-state index >= 15 is 0 Å². The van der Waals surface area contributed by atoms with Crippen molar-refractivity contribution in [2.24, 2.45) is 0 Å². The molecule has 0 atom stereocenters. The molecule has 0 saturated carbocycles. The van der Waals surface area contributed by atoms with E-state index in [0.717, 1.165) is 17.1 Å². The molecule has 0 N–H and O–H groups in total. The van der Waals surface area contributed by atoms with Gasteiger partial charge in [0.25, 0.3) is 0 Å². The van der Waals surface area contributed by atoms with Gasteiger partial charge in [-0.1, -0.05) is 115 Å². The van der Waals surface area contributed by atoms with Crippen molar-refractivity contribution in [2.45, 2.75) is 0 Å². The van der Waals surface area contributed by atoms with Crippen molar-refractivity contribution in [1.82, 2.24) is 4.57 Å². The smallest absolute Gasteiger partial charge is 0.0727 e. The van der Waals surface area contributed by atoms with Gasteiger partial charge in [0.2, 0.25) is 0 Å². The van der Waals surface area contributed by atoms with E-state index < -0.39 is 0 Å². The number of fused-ring (bicyclic) bond motifs is 5. The molecule has 2 nitrogen and oxygen atoms in total. The first kappa shape index (κ1) is 27.4. The maximum Gasteiger partial charge on any atom is 0.0727 e. The number of para-hydroxylation sites is 2. The standard InChI is InChI=1S/C44H30N2S/c1-4-12-31(13-5-1)32-20-25-37(26-21-32)45(35-14-6-2-7-15-35)38-27-22-33(23-28-38)34-24-29-41-40(30-34)44-43(39-18-10-11-19-42(39)47-44)46(41)36-16-8-3-9-17-36/h1-30H. The van der Waals surface area contributed by atoms with Crippen LogP contribution < -0.4 is 4.90 Å². The second kappa shape index (κ2) is 11.5. The van der Waals surface area contributed by atoms with Crippen molar-refractivity contribution < 1.29 is 0 Å². The number of benzene rings is 7. The Morgan fingerprint density at radius 3 is 1.60 bits per heavy atom. The van der Waals surface area contributed by atoms with Crippen LogP contribution in [0.5, 0.6) is 0 Å². The fraction of sp³-hybridized carbons (Fsp3) is 0. The van der Waals surface area contributed by atoms with Crippen LogP contribution in [-0.2, 0) is 0 Å². The summed E-state index contributed by atoms with van der Waals surface area (Å²) in [6.45, 7) is 0. The molecular formula is C44H30N2S. The third kappa shape index (κ3) is 4.80. The van der Waals surface area contributed by atoms with Gasteiger partial charge < -0.3 is 9.47 Å². The molecule has 0 aliphatic rings. The number of anilines is 3. The van der Waals surface area contributed by atoms with E-state index in [1.807, 2.05) is 11.3 Å². The summed E-state index contributed by atoms with van der Waals surface area (Å²) in [5.41, 5.74) is 11.9. The Bertz CT molecular complexity index is 2480. The van der Waals surface area contributed by atoms with Crippen LogP contribution in [0.1, 0.15) is 0 Å². The number of hydrogen-bond acceptors (Lipinski definition) is 2. The van der Waals surface area contributed by atoms with Crippen molar-refractivity contribution in [1.29, 1.82) is 0 Å². The summed E-state index contributed by atoms with van der Waals surface area (Å²) in [6.07, 6.45) is 0. The summed E-state index contributed by atoms with van der Waals surface area (Å²) >= 11 is 1.88. The van der Waals surface area contributed by atoms with Crippen LogP contribution in [0.15, 0.2) is 182 Å². The van der Waals surface area contributed by atoms with E-state index in [9.17, 15) is 0 Å². The van der Waals surface area contributed by atoms with E-state index in [1.165, 1.54) is 59.1 Å². The summed E-state index contributed by atoms with van der Waals surface area (Å²) in [5, 5.41) is 2.59. The molecule has 0 saturated heterocycles. The Morgan fingerprint density at radius 2 is 0.915 bits per heavy atom. The third-order valence-corrected chi connectivity index (χ3v) is 10.2. The minimum atomic E-state index is 1.12. The molecule has 0 amide bonds. The molecule has 2 aromatic heterocycles. The summed E-state index contributed by atoms with van der Waals surface area (Å²) in [7, 11) is 0. The van der Waals surface area contributed by atoms with Crippen molar-refractivity contribution >= 4 is 59.6 Å². The molecule has 0 unspecified atom stereocenters. The monoisotopic (exact) mass is 618 g/mol. The maximum atomic E-state index is 2.43. The van der Waals surface area contributed by atoms with E-state index in [2.05, 4.69) is 191 Å². The van der Waals surface area contributed by atoms with Crippen molar-refractivity contribution in [3.8, 4) is 27.9 Å². The molecule has 47 heavy (non-hydrogen) atoms. The molecule has 0 bridgehead atoms. The zero-order valence-corrected chi connectivity index (χ0v) is 26.4. The number of nitrogens with zero attached hydrogens (tertiary/aromatic N) is 2. The van der Waals surface area contributed by atoms with Gasteiger partial charge >= 0.3 is 0 Å². The Hall–Kier alpha value is -5.90. The summed E-state index contributed by atoms with van der Waals surface area (Å²) in [4.78, 5) is 2.32. The number of aromatic nitrogens is 1. The molecule has 0 fully saturated rings. The summed E-state index contributed by atoms with van der Waals surface area (Å²) in [6, 6.07) is 65.4. The lowest BCUT2D eigenvalue weighted by Gasteiger charge is -2.26. The van der Waals surface area contributed by atoms with Crippen LogP contribution in [-0.4, -0.2) is 4.57 Å². The second-order valence-corrected chi connectivity index (χ2v) is 12.9. The fourth-order valence-corrected chi connectivity index (χ4v) is 7.97. The van der Waals surface area contributed by atoms with Crippen molar-refractivity contribution in [2.75, 3.05) is 4.90 Å². The fourth-order valence-electron chi connectivity index (χ4n) is 6.76. The minimum absolute atomic E-state index is 1.12. The predicted molar refractivity (Wildman–Crippen MR) is 202 cm³/mol. The van der Waals surface area contributed by atoms with Gasteiger partial charge in [-0.05, 0) is 89.0 Å². The third-order valence-electron chi connectivity index (χ3n) is 9.00. The topological polar surface area (TPSA) is 8.17 Å². The molecule has 0 aliphatic carbocycles. The largest absolute Gasteiger partial charge is 0.311 e. The van der Waals surface area contributed by atoms with E-state index in [0.29, 0.717) is 0 Å². The number of hydrogen-bond donors (Lipinski definition) is 0. The van der Waals surface area contributed by atoms with Gasteiger partial charge in [-0.15, -0.1) is 11.3 Å². The number of thiophene rings is 1. The quantitative estimate of drug-likeness (QED) is 0.180. The molecular weight excluding hydrogens is 589 g/mol. The zero-order chi connectivity index (χ0) is 31.2. The Kier molecular flexibility index (Phi) is 6.69. The molecule has 0 spiro atoms. The average molecular weight is 619 g/mol. The molecule has 222 valence electrons. The highest BCUT2D eigenvalue weighted by Gasteiger charge is 2.19. The highest BCUT2D eigenvalue weighted by molar-refractivity contribution is 7.26. The van der Waals surface area contributed by atoms with Gasteiger partial charge in [0.1, 0.15) is 0 Å². The molecule has 9 rings (SSSR count). The first-order valence-corrected chi connectivity index (χ1v) is 16.8. The van der Waals surface area contributed by atoms with Gasteiger partial charge in [-0.25, -0.2) is 0 Å². The lowest BCUT2D eigenvalue weighted by molar-refractivity contribution is 1.19. The van der Waals surface area contributed by atoms with E-state index in [1.54, 1.807) is 0 Å². The maximum absolute atomic E-state index is 2.43. The Morgan fingerprint density at radius 1 is 0.404 bits per heavy atom. The molecule has 9 aromatic rings. The SMILES string of the molecule is c1ccc(-c2ccc(N(c3ccccc3)c3ccc(-c4ccc5c(c4)c4sc6ccccc6c4n5-c4ccccc4)cc3)cc2)cc1. The Labute approximate surface area is 278 Å². The first-order valence-electron chi connectivity index (χ1n) is 15.9. The number of rotatable bonds is 6. The molecule has 7 aromatic carbocycles. The van der Waals surface area contributed by atoms with Gasteiger partial charge in [-0.3, -0.25) is 0 Å². The van der Waals surface area contributed by atoms with Crippen molar-refractivity contribution in [3.05, 3.63) is 182 Å². The van der Waals surface area contributed by atoms with Crippen molar-refractivity contribution in [3.63, 3.8) is 0 Å². The molecule has 3 heteroatoms. The lowest BCUT2D eigenvalue weighted by Crippen LogP contribution is -2.09. The molecule has 0 aliphatic heterocycles. The van der Waals surface area contributed by atoms with Crippen LogP contribution in [0.2, 0.25) is 0 Å². The zero-order valence-electron chi connectivity index (χ0n) is 25.6. The predicted octanol–water partition coefficient (Wildman–Crippen LogP) is 12.8. The van der Waals surface area contributed by atoms with Crippen LogP contribution >= 0.6 is 11.3 Å². The van der Waals surface area contributed by atoms with Gasteiger partial charge in [0.05, 0.1) is 15.7 Å². The van der Waals surface area contributed by atoms with Gasteiger partial charge in [-0.2, -0.15) is 0 Å². The molecule has 2 heterocycles. The van der Waals surface area contributed by atoms with Gasteiger partial charge in [0.15, 0.2) is 0 Å². The van der Waals surface area contributed by atoms with Crippen LogP contribution in [0, 0.1) is 0 Å². The highest BCUT2D eigenvalue weighted by atomic mass is 32.1. The minimum Gasteiger partial charge on any atom is -0.311 e. The summed E-state index contributed by atoms with van der Waals surface area (Å²) < 4.78 is 5.08. The highest BCUT2D eigenvalue weighted by Crippen LogP contribution is 2.44. The Balaban J connectivity index is 1.13. The molecule has 0 radical (unpaired) electrons. The normalized spacial score (nSPS) is 11.4. The second-order valence-electron chi connectivity index (χ2n) is 11.8. The van der Waals surface area contributed by atoms with E-state index in [4.69, 9.17) is 0 Å². The first-order chi connectivity index (χ1) is 23.3. The average Bonchev–Trinajstić information content (AvgIpc) is 3.68. The van der Waals surface area contributed by atoms with Crippen LogP contribution in [0.4, 0.5) is 17.1 Å². The van der Waals surface area contributed by atoms with Crippen LogP contribution in [0.25, 0.3) is 59.1 Å². The lowest BCUT2D eigenvalue weighted by atomic mass is 10.0. The summed E-state index contributed by atoms with van der Waals surface area (Å²) in [5.74, 6) is 0. The van der Waals surface area contributed by atoms with E-state index in [-0.39, 0.29) is 0 Å². The van der Waals surface area contributed by atoms with Gasteiger partial charge in [0, 0.05) is 38.2 Å².